The summed E-state index contributed by atoms with van der Waals surface area (Å²) in [5.41, 5.74) is 2.35. The number of hydrogen-bond acceptors (Lipinski definition) is 5. The second-order valence-corrected chi connectivity index (χ2v) is 6.05. The van der Waals surface area contributed by atoms with E-state index in [2.05, 4.69) is 5.32 Å². The molecule has 6 nitrogen and oxygen atoms in total. The molecule has 25 heavy (non-hydrogen) atoms. The summed E-state index contributed by atoms with van der Waals surface area (Å²) >= 11 is 0. The van der Waals surface area contributed by atoms with Gasteiger partial charge in [-0.05, 0) is 41.8 Å². The van der Waals surface area contributed by atoms with Crippen LogP contribution in [0.5, 0.6) is 11.5 Å². The zero-order valence-corrected chi connectivity index (χ0v) is 14.7. The summed E-state index contributed by atoms with van der Waals surface area (Å²) < 4.78 is 16.0. The fraction of sp³-hybridized carbons (Fsp3) is 0.421. The largest absolute Gasteiger partial charge is 0.493 e. The van der Waals surface area contributed by atoms with Crippen LogP contribution in [-0.4, -0.2) is 38.1 Å². The number of carbonyl (C=O) groups excluding carboxylic acids is 1. The van der Waals surface area contributed by atoms with Gasteiger partial charge in [-0.2, -0.15) is 0 Å². The summed E-state index contributed by atoms with van der Waals surface area (Å²) in [7, 11) is 3.26. The number of amides is 1. The summed E-state index contributed by atoms with van der Waals surface area (Å²) in [6.07, 6.45) is 2.96. The molecule has 1 amide bonds. The molecular weight excluding hydrogens is 320 g/mol. The minimum Gasteiger partial charge on any atom is -0.493 e. The number of benzene rings is 1. The maximum Gasteiger partial charge on any atom is 0.224 e. The van der Waals surface area contributed by atoms with Gasteiger partial charge in [-0.1, -0.05) is 0 Å². The van der Waals surface area contributed by atoms with Crippen molar-refractivity contribution in [1.82, 2.24) is 10.2 Å². The van der Waals surface area contributed by atoms with Gasteiger partial charge in [0.05, 0.1) is 27.0 Å². The SMILES string of the molecule is COc1cc2c(cc1OC)CN(C(=O)CCNCc1ccco1)CC2. The summed E-state index contributed by atoms with van der Waals surface area (Å²) in [5.74, 6) is 2.48. The number of nitrogens with one attached hydrogen (secondary N) is 1. The van der Waals surface area contributed by atoms with Crippen LogP contribution in [-0.2, 0) is 24.3 Å². The Morgan fingerprint density at radius 1 is 1.24 bits per heavy atom. The van der Waals surface area contributed by atoms with Gasteiger partial charge in [0.2, 0.25) is 5.91 Å². The van der Waals surface area contributed by atoms with E-state index in [0.29, 0.717) is 31.8 Å². The molecule has 0 aliphatic carbocycles. The van der Waals surface area contributed by atoms with Crippen molar-refractivity contribution < 1.29 is 18.7 Å². The highest BCUT2D eigenvalue weighted by atomic mass is 16.5. The van der Waals surface area contributed by atoms with Crippen LogP contribution in [0.3, 0.4) is 0 Å². The van der Waals surface area contributed by atoms with Crippen LogP contribution in [0.15, 0.2) is 34.9 Å². The summed E-state index contributed by atoms with van der Waals surface area (Å²) in [6, 6.07) is 7.76. The van der Waals surface area contributed by atoms with Gasteiger partial charge in [-0.25, -0.2) is 0 Å². The van der Waals surface area contributed by atoms with Gasteiger partial charge < -0.3 is 24.1 Å². The molecule has 0 saturated heterocycles. The molecule has 134 valence electrons. The van der Waals surface area contributed by atoms with E-state index in [1.54, 1.807) is 20.5 Å². The van der Waals surface area contributed by atoms with Crippen LogP contribution in [0.1, 0.15) is 23.3 Å². The Morgan fingerprint density at radius 3 is 2.68 bits per heavy atom. The highest BCUT2D eigenvalue weighted by Crippen LogP contribution is 2.33. The molecule has 0 atom stereocenters. The molecule has 3 rings (SSSR count). The first kappa shape index (κ1) is 17.4. The van der Waals surface area contributed by atoms with Crippen molar-refractivity contribution >= 4 is 5.91 Å². The molecule has 2 aromatic rings. The summed E-state index contributed by atoms with van der Waals surface area (Å²) in [6.45, 7) is 2.63. The summed E-state index contributed by atoms with van der Waals surface area (Å²) in [4.78, 5) is 14.4. The first-order chi connectivity index (χ1) is 12.2. The van der Waals surface area contributed by atoms with E-state index in [1.807, 2.05) is 29.2 Å². The quantitative estimate of drug-likeness (QED) is 0.781. The Hall–Kier alpha value is -2.47. The number of nitrogens with zero attached hydrogens (tertiary/aromatic N) is 1. The number of hydrogen-bond donors (Lipinski definition) is 1. The monoisotopic (exact) mass is 344 g/mol. The van der Waals surface area contributed by atoms with Crippen LogP contribution in [0, 0.1) is 0 Å². The fourth-order valence-corrected chi connectivity index (χ4v) is 3.07. The second-order valence-electron chi connectivity index (χ2n) is 6.05. The van der Waals surface area contributed by atoms with Crippen LogP contribution >= 0.6 is 0 Å². The van der Waals surface area contributed by atoms with Gasteiger partial charge in [-0.3, -0.25) is 4.79 Å². The van der Waals surface area contributed by atoms with Crippen molar-refractivity contribution in [3.63, 3.8) is 0 Å². The van der Waals surface area contributed by atoms with Gasteiger partial charge in [0.25, 0.3) is 0 Å². The molecule has 1 aliphatic rings. The minimum atomic E-state index is 0.160. The number of methoxy groups -OCH3 is 2. The molecule has 0 spiro atoms. The number of rotatable bonds is 7. The first-order valence-electron chi connectivity index (χ1n) is 8.46. The van der Waals surface area contributed by atoms with Crippen molar-refractivity contribution in [3.8, 4) is 11.5 Å². The lowest BCUT2D eigenvalue weighted by atomic mass is 9.98. The smallest absolute Gasteiger partial charge is 0.224 e. The molecule has 0 bridgehead atoms. The van der Waals surface area contributed by atoms with E-state index in [1.165, 1.54) is 5.56 Å². The third-order valence-electron chi connectivity index (χ3n) is 4.47. The molecule has 1 N–H and O–H groups in total. The molecule has 6 heteroatoms. The molecule has 0 saturated carbocycles. The molecule has 0 radical (unpaired) electrons. The third kappa shape index (κ3) is 4.14. The van der Waals surface area contributed by atoms with Gasteiger partial charge in [-0.15, -0.1) is 0 Å². The number of carbonyl (C=O) groups is 1. The number of ether oxygens (including phenoxy) is 2. The lowest BCUT2D eigenvalue weighted by Gasteiger charge is -2.29. The van der Waals surface area contributed by atoms with Crippen LogP contribution in [0.25, 0.3) is 0 Å². The van der Waals surface area contributed by atoms with Gasteiger partial charge >= 0.3 is 0 Å². The number of fused-ring (bicyclic) bond motifs is 1. The summed E-state index contributed by atoms with van der Waals surface area (Å²) in [5, 5.41) is 3.23. The maximum absolute atomic E-state index is 12.5. The Balaban J connectivity index is 1.53. The standard InChI is InChI=1S/C19H24N2O4/c1-23-17-10-14-6-8-21(13-15(14)11-18(17)24-2)19(22)5-7-20-12-16-4-3-9-25-16/h3-4,9-11,20H,5-8,12-13H2,1-2H3. The minimum absolute atomic E-state index is 0.160. The Labute approximate surface area is 147 Å². The van der Waals surface area contributed by atoms with Gasteiger partial charge in [0.15, 0.2) is 11.5 Å². The molecular formula is C19H24N2O4. The van der Waals surface area contributed by atoms with Crippen LogP contribution in [0.2, 0.25) is 0 Å². The van der Waals surface area contributed by atoms with E-state index in [-0.39, 0.29) is 5.91 Å². The maximum atomic E-state index is 12.5. The van der Waals surface area contributed by atoms with Crippen LogP contribution in [0.4, 0.5) is 0 Å². The molecule has 1 aromatic heterocycles. The van der Waals surface area contributed by atoms with E-state index in [4.69, 9.17) is 13.9 Å². The Morgan fingerprint density at radius 2 is 2.00 bits per heavy atom. The molecule has 1 aromatic carbocycles. The van der Waals surface area contributed by atoms with E-state index in [9.17, 15) is 4.79 Å². The van der Waals surface area contributed by atoms with Crippen molar-refractivity contribution in [2.24, 2.45) is 0 Å². The molecule has 1 aliphatic heterocycles. The van der Waals surface area contributed by atoms with Crippen molar-refractivity contribution in [3.05, 3.63) is 47.4 Å². The van der Waals surface area contributed by atoms with Crippen LogP contribution < -0.4 is 14.8 Å². The van der Waals surface area contributed by atoms with Crippen molar-refractivity contribution in [2.75, 3.05) is 27.3 Å². The van der Waals surface area contributed by atoms with Gasteiger partial charge in [0.1, 0.15) is 5.76 Å². The zero-order chi connectivity index (χ0) is 17.6. The Kier molecular flexibility index (Phi) is 5.60. The van der Waals surface area contributed by atoms with E-state index in [0.717, 1.165) is 30.0 Å². The van der Waals surface area contributed by atoms with E-state index < -0.39 is 0 Å². The van der Waals surface area contributed by atoms with Crippen molar-refractivity contribution in [1.29, 1.82) is 0 Å². The average molecular weight is 344 g/mol. The highest BCUT2D eigenvalue weighted by Gasteiger charge is 2.22. The third-order valence-corrected chi connectivity index (χ3v) is 4.47. The molecule has 0 unspecified atom stereocenters. The molecule has 2 heterocycles. The average Bonchev–Trinajstić information content (AvgIpc) is 3.16. The lowest BCUT2D eigenvalue weighted by Crippen LogP contribution is -2.37. The highest BCUT2D eigenvalue weighted by molar-refractivity contribution is 5.76. The van der Waals surface area contributed by atoms with Crippen molar-refractivity contribution in [2.45, 2.75) is 25.9 Å². The van der Waals surface area contributed by atoms with Gasteiger partial charge in [0, 0.05) is 26.1 Å². The Bertz CT molecular complexity index is 712. The fourth-order valence-electron chi connectivity index (χ4n) is 3.07. The topological polar surface area (TPSA) is 63.9 Å². The zero-order valence-electron chi connectivity index (χ0n) is 14.7. The number of furan rings is 1. The molecule has 0 fully saturated rings. The second kappa shape index (κ2) is 8.07. The lowest BCUT2D eigenvalue weighted by molar-refractivity contribution is -0.132. The normalized spacial score (nSPS) is 13.4. The van der Waals surface area contributed by atoms with E-state index >= 15 is 0 Å². The first-order valence-corrected chi connectivity index (χ1v) is 8.46. The predicted octanol–water partition coefficient (Wildman–Crippen LogP) is 2.36. The predicted molar refractivity (Wildman–Crippen MR) is 93.7 cm³/mol.